The topological polar surface area (TPSA) is 67.8 Å². The molecule has 0 aliphatic heterocycles. The van der Waals surface area contributed by atoms with E-state index in [0.717, 1.165) is 16.7 Å². The average Bonchev–Trinajstić information content (AvgIpc) is 3.18. The molecule has 0 saturated carbocycles. The van der Waals surface area contributed by atoms with Crippen LogP contribution in [0.3, 0.4) is 0 Å². The fourth-order valence-electron chi connectivity index (χ4n) is 2.49. The molecule has 2 aromatic heterocycles. The number of nitrogens with one attached hydrogen (secondary N) is 1. The zero-order valence-corrected chi connectivity index (χ0v) is 14.5. The summed E-state index contributed by atoms with van der Waals surface area (Å²) in [4.78, 5) is 16.5. The van der Waals surface area contributed by atoms with Gasteiger partial charge in [-0.1, -0.05) is 53.8 Å². The predicted molar refractivity (Wildman–Crippen MR) is 103 cm³/mol. The number of hydrogen-bond acceptors (Lipinski definition) is 5. The van der Waals surface area contributed by atoms with Crippen LogP contribution in [-0.4, -0.2) is 21.1 Å². The lowest BCUT2D eigenvalue weighted by molar-refractivity contribution is 0.102. The van der Waals surface area contributed by atoms with Crippen molar-refractivity contribution in [1.82, 2.24) is 15.2 Å². The number of anilines is 1. The summed E-state index contributed by atoms with van der Waals surface area (Å²) in [5, 5.41) is 12.1. The SMILES string of the molecule is O=C(Nc1nnc(-c2cccnc2)s1)c1ccc(-c2ccccc2)cc1. The van der Waals surface area contributed by atoms with Gasteiger partial charge in [-0.2, -0.15) is 0 Å². The summed E-state index contributed by atoms with van der Waals surface area (Å²) in [5.41, 5.74) is 3.63. The zero-order chi connectivity index (χ0) is 17.8. The van der Waals surface area contributed by atoms with E-state index in [9.17, 15) is 4.79 Å². The molecule has 0 unspecified atom stereocenters. The minimum atomic E-state index is -0.210. The summed E-state index contributed by atoms with van der Waals surface area (Å²) in [5.74, 6) is -0.210. The van der Waals surface area contributed by atoms with E-state index in [1.54, 1.807) is 24.5 Å². The number of pyridine rings is 1. The molecule has 1 N–H and O–H groups in total. The molecular formula is C20H14N4OS. The first-order chi connectivity index (χ1) is 12.8. The molecule has 0 bridgehead atoms. The highest BCUT2D eigenvalue weighted by Gasteiger charge is 2.11. The lowest BCUT2D eigenvalue weighted by Gasteiger charge is -2.04. The molecule has 1 amide bonds. The number of nitrogens with zero attached hydrogens (tertiary/aromatic N) is 3. The smallest absolute Gasteiger partial charge is 0.257 e. The molecule has 0 spiro atoms. The third kappa shape index (κ3) is 3.50. The zero-order valence-electron chi connectivity index (χ0n) is 13.7. The summed E-state index contributed by atoms with van der Waals surface area (Å²) >= 11 is 1.31. The van der Waals surface area contributed by atoms with Crippen molar-refractivity contribution in [3.63, 3.8) is 0 Å². The molecule has 4 aromatic rings. The molecule has 0 atom stereocenters. The van der Waals surface area contributed by atoms with Crippen LogP contribution in [0.15, 0.2) is 79.1 Å². The lowest BCUT2D eigenvalue weighted by Crippen LogP contribution is -2.11. The van der Waals surface area contributed by atoms with Gasteiger partial charge in [0.1, 0.15) is 0 Å². The predicted octanol–water partition coefficient (Wildman–Crippen LogP) is 4.52. The molecule has 126 valence electrons. The van der Waals surface area contributed by atoms with Crippen LogP contribution < -0.4 is 5.32 Å². The first kappa shape index (κ1) is 16.1. The first-order valence-electron chi connectivity index (χ1n) is 8.00. The maximum atomic E-state index is 12.4. The Hall–Kier alpha value is -3.38. The van der Waals surface area contributed by atoms with Crippen LogP contribution in [-0.2, 0) is 0 Å². The van der Waals surface area contributed by atoms with Crippen molar-refractivity contribution in [3.8, 4) is 21.7 Å². The number of hydrogen-bond donors (Lipinski definition) is 1. The number of benzene rings is 2. The minimum Gasteiger partial charge on any atom is -0.296 e. The Morgan fingerprint density at radius 2 is 1.54 bits per heavy atom. The Balaban J connectivity index is 1.48. The van der Waals surface area contributed by atoms with Crippen molar-refractivity contribution in [2.24, 2.45) is 0 Å². The average molecular weight is 358 g/mol. The van der Waals surface area contributed by atoms with Gasteiger partial charge < -0.3 is 0 Å². The van der Waals surface area contributed by atoms with Gasteiger partial charge in [0, 0.05) is 23.5 Å². The van der Waals surface area contributed by atoms with Crippen LogP contribution in [0.4, 0.5) is 5.13 Å². The van der Waals surface area contributed by atoms with Crippen LogP contribution in [0.25, 0.3) is 21.7 Å². The summed E-state index contributed by atoms with van der Waals surface area (Å²) in [6, 6.07) is 21.3. The van der Waals surface area contributed by atoms with Crippen LogP contribution in [0.1, 0.15) is 10.4 Å². The van der Waals surface area contributed by atoms with Crippen molar-refractivity contribution < 1.29 is 4.79 Å². The Kier molecular flexibility index (Phi) is 4.49. The van der Waals surface area contributed by atoms with E-state index < -0.39 is 0 Å². The molecular weight excluding hydrogens is 344 g/mol. The third-order valence-electron chi connectivity index (χ3n) is 3.81. The lowest BCUT2D eigenvalue weighted by atomic mass is 10.0. The van der Waals surface area contributed by atoms with Crippen LogP contribution in [0.2, 0.25) is 0 Å². The molecule has 0 fully saturated rings. The second-order valence-electron chi connectivity index (χ2n) is 5.55. The molecule has 4 rings (SSSR count). The fraction of sp³-hybridized carbons (Fsp3) is 0. The van der Waals surface area contributed by atoms with E-state index in [4.69, 9.17) is 0 Å². The molecule has 0 saturated heterocycles. The highest BCUT2D eigenvalue weighted by Crippen LogP contribution is 2.26. The molecule has 6 heteroatoms. The van der Waals surface area contributed by atoms with Crippen molar-refractivity contribution in [3.05, 3.63) is 84.7 Å². The third-order valence-corrected chi connectivity index (χ3v) is 4.70. The van der Waals surface area contributed by atoms with Gasteiger partial charge in [-0.3, -0.25) is 15.1 Å². The highest BCUT2D eigenvalue weighted by molar-refractivity contribution is 7.18. The second kappa shape index (κ2) is 7.25. The summed E-state index contributed by atoms with van der Waals surface area (Å²) in [7, 11) is 0. The summed E-state index contributed by atoms with van der Waals surface area (Å²) in [6.07, 6.45) is 3.42. The molecule has 26 heavy (non-hydrogen) atoms. The van der Waals surface area contributed by atoms with Gasteiger partial charge in [0.05, 0.1) is 0 Å². The van der Waals surface area contributed by atoms with Gasteiger partial charge in [0.15, 0.2) is 5.01 Å². The minimum absolute atomic E-state index is 0.210. The van der Waals surface area contributed by atoms with Gasteiger partial charge in [-0.15, -0.1) is 10.2 Å². The quantitative estimate of drug-likeness (QED) is 0.582. The van der Waals surface area contributed by atoms with E-state index in [2.05, 4.69) is 20.5 Å². The Morgan fingerprint density at radius 3 is 2.27 bits per heavy atom. The standard InChI is InChI=1S/C20H14N4OS/c25-18(16-10-8-15(9-11-16)14-5-2-1-3-6-14)22-20-24-23-19(26-20)17-7-4-12-21-13-17/h1-13H,(H,22,24,25). The van der Waals surface area contributed by atoms with Crippen molar-refractivity contribution in [2.75, 3.05) is 5.32 Å². The summed E-state index contributed by atoms with van der Waals surface area (Å²) < 4.78 is 0. The monoisotopic (exact) mass is 358 g/mol. The second-order valence-corrected chi connectivity index (χ2v) is 6.53. The molecule has 0 aliphatic carbocycles. The van der Waals surface area contributed by atoms with Gasteiger partial charge >= 0.3 is 0 Å². The summed E-state index contributed by atoms with van der Waals surface area (Å²) in [6.45, 7) is 0. The van der Waals surface area contributed by atoms with Crippen LogP contribution in [0.5, 0.6) is 0 Å². The van der Waals surface area contributed by atoms with Crippen LogP contribution in [0, 0.1) is 0 Å². The molecule has 2 heterocycles. The number of aromatic nitrogens is 3. The van der Waals surface area contributed by atoms with Gasteiger partial charge in [0.2, 0.25) is 5.13 Å². The van der Waals surface area contributed by atoms with E-state index in [1.807, 2.05) is 54.6 Å². The van der Waals surface area contributed by atoms with E-state index in [1.165, 1.54) is 11.3 Å². The van der Waals surface area contributed by atoms with Crippen molar-refractivity contribution >= 4 is 22.4 Å². The van der Waals surface area contributed by atoms with Crippen LogP contribution >= 0.6 is 11.3 Å². The molecule has 5 nitrogen and oxygen atoms in total. The maximum Gasteiger partial charge on any atom is 0.257 e. The molecule has 0 radical (unpaired) electrons. The van der Waals surface area contributed by atoms with Gasteiger partial charge in [0.25, 0.3) is 5.91 Å². The fourth-order valence-corrected chi connectivity index (χ4v) is 3.22. The van der Waals surface area contributed by atoms with Gasteiger partial charge in [-0.25, -0.2) is 0 Å². The first-order valence-corrected chi connectivity index (χ1v) is 8.82. The maximum absolute atomic E-state index is 12.4. The number of carbonyl (C=O) groups excluding carboxylic acids is 1. The van der Waals surface area contributed by atoms with E-state index in [0.29, 0.717) is 15.7 Å². The Labute approximate surface area is 154 Å². The van der Waals surface area contributed by atoms with Crippen molar-refractivity contribution in [1.29, 1.82) is 0 Å². The van der Waals surface area contributed by atoms with E-state index in [-0.39, 0.29) is 5.91 Å². The molecule has 2 aromatic carbocycles. The highest BCUT2D eigenvalue weighted by atomic mass is 32.1. The normalized spacial score (nSPS) is 10.5. The number of amides is 1. The molecule has 0 aliphatic rings. The Morgan fingerprint density at radius 1 is 0.808 bits per heavy atom. The Bertz CT molecular complexity index is 1010. The van der Waals surface area contributed by atoms with Gasteiger partial charge in [-0.05, 0) is 35.4 Å². The van der Waals surface area contributed by atoms with Crippen molar-refractivity contribution in [2.45, 2.75) is 0 Å². The largest absolute Gasteiger partial charge is 0.296 e. The van der Waals surface area contributed by atoms with E-state index >= 15 is 0 Å². The number of carbonyl (C=O) groups is 1. The number of rotatable bonds is 4.